The lowest BCUT2D eigenvalue weighted by molar-refractivity contribution is -0.141. The molecular formula is C30H33N5O3. The average molecular weight is 512 g/mol. The van der Waals surface area contributed by atoms with Gasteiger partial charge in [-0.15, -0.1) is 5.10 Å². The van der Waals surface area contributed by atoms with Gasteiger partial charge < -0.3 is 15.3 Å². The van der Waals surface area contributed by atoms with Crippen molar-refractivity contribution in [3.8, 4) is 5.75 Å². The topological polar surface area (TPSA) is 100 Å². The van der Waals surface area contributed by atoms with Crippen LogP contribution < -0.4 is 5.32 Å². The Morgan fingerprint density at radius 1 is 0.947 bits per heavy atom. The van der Waals surface area contributed by atoms with Crippen molar-refractivity contribution in [2.24, 2.45) is 0 Å². The molecule has 1 aliphatic rings. The van der Waals surface area contributed by atoms with E-state index in [1.165, 1.54) is 6.42 Å². The van der Waals surface area contributed by atoms with Crippen molar-refractivity contribution in [1.29, 1.82) is 0 Å². The van der Waals surface area contributed by atoms with Crippen molar-refractivity contribution in [2.75, 3.05) is 6.54 Å². The van der Waals surface area contributed by atoms with E-state index in [0.717, 1.165) is 36.8 Å². The first-order valence-corrected chi connectivity index (χ1v) is 13.3. The molecule has 1 saturated carbocycles. The molecule has 8 nitrogen and oxygen atoms in total. The third-order valence-electron chi connectivity index (χ3n) is 7.23. The number of amides is 2. The second-order valence-corrected chi connectivity index (χ2v) is 9.90. The van der Waals surface area contributed by atoms with Gasteiger partial charge in [-0.1, -0.05) is 79.1 Å². The van der Waals surface area contributed by atoms with E-state index in [1.807, 2.05) is 54.6 Å². The number of rotatable bonds is 9. The van der Waals surface area contributed by atoms with Crippen molar-refractivity contribution in [1.82, 2.24) is 25.2 Å². The van der Waals surface area contributed by atoms with Gasteiger partial charge in [-0.3, -0.25) is 9.59 Å². The van der Waals surface area contributed by atoms with Crippen LogP contribution in [0.5, 0.6) is 5.75 Å². The molecular weight excluding hydrogens is 478 g/mol. The van der Waals surface area contributed by atoms with Gasteiger partial charge in [0.1, 0.15) is 23.9 Å². The number of para-hydroxylation sites is 1. The normalized spacial score (nSPS) is 14.7. The number of carbonyl (C=O) groups excluding carboxylic acids is 2. The maximum atomic E-state index is 14.0. The summed E-state index contributed by atoms with van der Waals surface area (Å²) in [6, 6.07) is 23.2. The van der Waals surface area contributed by atoms with Crippen LogP contribution in [0.2, 0.25) is 0 Å². The van der Waals surface area contributed by atoms with Gasteiger partial charge in [0.2, 0.25) is 11.8 Å². The van der Waals surface area contributed by atoms with Crippen LogP contribution in [0.4, 0.5) is 0 Å². The second kappa shape index (κ2) is 11.9. The largest absolute Gasteiger partial charge is 0.508 e. The van der Waals surface area contributed by atoms with Crippen LogP contribution in [-0.2, 0) is 22.6 Å². The fourth-order valence-corrected chi connectivity index (χ4v) is 5.20. The smallest absolute Gasteiger partial charge is 0.247 e. The molecule has 0 spiro atoms. The van der Waals surface area contributed by atoms with Gasteiger partial charge in [0.15, 0.2) is 0 Å². The van der Waals surface area contributed by atoms with E-state index in [9.17, 15) is 14.7 Å². The zero-order chi connectivity index (χ0) is 26.3. The number of nitrogens with zero attached hydrogens (tertiary/aromatic N) is 4. The number of hydrogen-bond acceptors (Lipinski definition) is 5. The molecule has 0 aliphatic heterocycles. The molecule has 4 aromatic rings. The highest BCUT2D eigenvalue weighted by Crippen LogP contribution is 2.26. The maximum absolute atomic E-state index is 14.0. The Labute approximate surface area is 222 Å². The molecule has 38 heavy (non-hydrogen) atoms. The first kappa shape index (κ1) is 25.4. The van der Waals surface area contributed by atoms with E-state index >= 15 is 0 Å². The fraction of sp³-hybridized carbons (Fsp3) is 0.333. The summed E-state index contributed by atoms with van der Waals surface area (Å²) in [4.78, 5) is 29.5. The lowest BCUT2D eigenvalue weighted by Crippen LogP contribution is -2.48. The molecule has 0 bridgehead atoms. The summed E-state index contributed by atoms with van der Waals surface area (Å²) in [6.45, 7) is 0.305. The molecule has 0 saturated heterocycles. The number of hydrogen-bond donors (Lipinski definition) is 2. The first-order valence-electron chi connectivity index (χ1n) is 13.3. The molecule has 1 fully saturated rings. The lowest BCUT2D eigenvalue weighted by atomic mass is 9.94. The highest BCUT2D eigenvalue weighted by molar-refractivity contribution is 5.89. The van der Waals surface area contributed by atoms with Crippen molar-refractivity contribution in [3.05, 3.63) is 90.0 Å². The van der Waals surface area contributed by atoms with Crippen LogP contribution in [0.3, 0.4) is 0 Å². The highest BCUT2D eigenvalue weighted by Gasteiger charge is 2.33. The number of nitrogens with one attached hydrogen (secondary N) is 1. The summed E-state index contributed by atoms with van der Waals surface area (Å²) in [7, 11) is 0. The lowest BCUT2D eigenvalue weighted by Gasteiger charge is -2.33. The molecule has 1 atom stereocenters. The van der Waals surface area contributed by atoms with Gasteiger partial charge in [-0.05, 0) is 54.7 Å². The Morgan fingerprint density at radius 2 is 1.66 bits per heavy atom. The van der Waals surface area contributed by atoms with E-state index in [2.05, 4.69) is 15.6 Å². The monoisotopic (exact) mass is 511 g/mol. The quantitative estimate of drug-likeness (QED) is 0.347. The van der Waals surface area contributed by atoms with E-state index in [-0.39, 0.29) is 30.2 Å². The Morgan fingerprint density at radius 3 is 2.42 bits per heavy atom. The maximum Gasteiger partial charge on any atom is 0.247 e. The van der Waals surface area contributed by atoms with Crippen LogP contribution in [0.15, 0.2) is 78.9 Å². The Bertz CT molecular complexity index is 1360. The van der Waals surface area contributed by atoms with E-state index in [1.54, 1.807) is 33.8 Å². The third-order valence-corrected chi connectivity index (χ3v) is 7.23. The Hall–Kier alpha value is -4.20. The zero-order valence-electron chi connectivity index (χ0n) is 21.4. The minimum absolute atomic E-state index is 0.0411. The Kier molecular flexibility index (Phi) is 7.97. The van der Waals surface area contributed by atoms with Gasteiger partial charge in [0.25, 0.3) is 0 Å². The molecule has 0 radical (unpaired) electrons. The summed E-state index contributed by atoms with van der Waals surface area (Å²) < 4.78 is 1.58. The van der Waals surface area contributed by atoms with Gasteiger partial charge in [-0.2, -0.15) is 0 Å². The third kappa shape index (κ3) is 6.02. The first-order chi connectivity index (χ1) is 18.6. The van der Waals surface area contributed by atoms with E-state index < -0.39 is 6.04 Å². The van der Waals surface area contributed by atoms with Crippen molar-refractivity contribution < 1.29 is 14.7 Å². The fourth-order valence-electron chi connectivity index (χ4n) is 5.20. The van der Waals surface area contributed by atoms with Crippen LogP contribution in [0.1, 0.15) is 49.3 Å². The summed E-state index contributed by atoms with van der Waals surface area (Å²) in [5.41, 5.74) is 3.20. The number of aromatic nitrogens is 3. The number of phenols is 1. The molecule has 5 rings (SSSR count). The van der Waals surface area contributed by atoms with Gasteiger partial charge in [-0.25, -0.2) is 4.68 Å². The molecule has 196 valence electrons. The van der Waals surface area contributed by atoms with Crippen molar-refractivity contribution >= 4 is 22.8 Å². The van der Waals surface area contributed by atoms with E-state index in [4.69, 9.17) is 0 Å². The number of carbonyl (C=O) groups is 2. The number of phenolic OH excluding ortho intramolecular Hbond substituents is 1. The number of benzene rings is 3. The molecule has 8 heteroatoms. The molecule has 3 aromatic carbocycles. The van der Waals surface area contributed by atoms with E-state index in [0.29, 0.717) is 24.0 Å². The summed E-state index contributed by atoms with van der Waals surface area (Å²) in [5, 5.41) is 21.5. The average Bonchev–Trinajstić information content (AvgIpc) is 3.35. The predicted octanol–water partition coefficient (Wildman–Crippen LogP) is 4.40. The SMILES string of the molecule is O=C(NC1CCCCC1)[C@@H](c1ccc(O)cc1)N(CCc1ccccc1)C(=O)Cn1nnc2ccccc21. The molecule has 1 aromatic heterocycles. The van der Waals surface area contributed by atoms with Gasteiger partial charge in [0.05, 0.1) is 5.52 Å². The van der Waals surface area contributed by atoms with Crippen LogP contribution in [0.25, 0.3) is 11.0 Å². The van der Waals surface area contributed by atoms with Crippen molar-refractivity contribution in [2.45, 2.75) is 57.2 Å². The Balaban J connectivity index is 1.47. The van der Waals surface area contributed by atoms with Crippen LogP contribution >= 0.6 is 0 Å². The minimum Gasteiger partial charge on any atom is -0.508 e. The molecule has 1 aliphatic carbocycles. The molecule has 1 heterocycles. The minimum atomic E-state index is -0.844. The zero-order valence-corrected chi connectivity index (χ0v) is 21.4. The molecule has 2 N–H and O–H groups in total. The predicted molar refractivity (Wildman–Crippen MR) is 145 cm³/mol. The molecule has 0 unspecified atom stereocenters. The standard InChI is InChI=1S/C30H33N5O3/c36-25-17-15-23(16-18-25)29(30(38)31-24-11-5-2-6-12-24)34(20-19-22-9-3-1-4-10-22)28(37)21-35-27-14-8-7-13-26(27)32-33-35/h1,3-4,7-10,13-18,24,29,36H,2,5-6,11-12,19-21H2,(H,31,38)/t29-/m1/s1. The van der Waals surface area contributed by atoms with Crippen LogP contribution in [-0.4, -0.2) is 49.4 Å². The summed E-state index contributed by atoms with van der Waals surface area (Å²) in [6.07, 6.45) is 5.83. The van der Waals surface area contributed by atoms with Gasteiger partial charge >= 0.3 is 0 Å². The van der Waals surface area contributed by atoms with Gasteiger partial charge in [0, 0.05) is 12.6 Å². The summed E-state index contributed by atoms with van der Waals surface area (Å²) >= 11 is 0. The summed E-state index contributed by atoms with van der Waals surface area (Å²) in [5.74, 6) is -0.322. The highest BCUT2D eigenvalue weighted by atomic mass is 16.3. The van der Waals surface area contributed by atoms with Crippen molar-refractivity contribution in [3.63, 3.8) is 0 Å². The number of fused-ring (bicyclic) bond motifs is 1. The number of aromatic hydroxyl groups is 1. The molecule has 2 amide bonds. The second-order valence-electron chi connectivity index (χ2n) is 9.90. The van der Waals surface area contributed by atoms with Crippen LogP contribution in [0, 0.1) is 0 Å².